The van der Waals surface area contributed by atoms with E-state index in [4.69, 9.17) is 0 Å². The lowest BCUT2D eigenvalue weighted by Crippen LogP contribution is -2.30. The summed E-state index contributed by atoms with van der Waals surface area (Å²) in [7, 11) is 0. The predicted octanol–water partition coefficient (Wildman–Crippen LogP) is 3.77. The number of pyridine rings is 2. The van der Waals surface area contributed by atoms with Gasteiger partial charge in [-0.25, -0.2) is 0 Å². The number of carbonyl (C=O) groups is 2. The first-order valence-electron chi connectivity index (χ1n) is 12.7. The summed E-state index contributed by atoms with van der Waals surface area (Å²) < 4.78 is 1.76. The first-order chi connectivity index (χ1) is 18.1. The molecule has 3 rings (SSSR count). The standard InChI is InChI=1S/C28H37N7O3/c1-7-20(23-13-32-35(16-23)28(5,6)17-36)9-21-10-22(12-30-18(21)3)27(38)34-25-11-24(14-31-19(25)4)33-26(37)15-29-8-2/h9-14,16,29,36H,7-8,15,17H2,1-6H3,(H,33,37)(H,34,38)/b20-9+. The molecule has 2 amide bonds. The molecule has 38 heavy (non-hydrogen) atoms. The summed E-state index contributed by atoms with van der Waals surface area (Å²) in [5.41, 5.74) is 5.11. The third-order valence-electron chi connectivity index (χ3n) is 6.21. The minimum atomic E-state index is -0.508. The van der Waals surface area contributed by atoms with Crippen molar-refractivity contribution in [3.05, 3.63) is 65.0 Å². The number of carbonyl (C=O) groups excluding carboxylic acids is 2. The first-order valence-corrected chi connectivity index (χ1v) is 12.7. The molecule has 0 atom stereocenters. The van der Waals surface area contributed by atoms with Crippen molar-refractivity contribution in [2.75, 3.05) is 30.3 Å². The van der Waals surface area contributed by atoms with Gasteiger partial charge in [-0.05, 0) is 70.0 Å². The Kier molecular flexibility index (Phi) is 9.49. The van der Waals surface area contributed by atoms with Crippen LogP contribution in [-0.2, 0) is 10.3 Å². The molecule has 10 heteroatoms. The first kappa shape index (κ1) is 28.7. The Labute approximate surface area is 223 Å². The fourth-order valence-corrected chi connectivity index (χ4v) is 3.66. The van der Waals surface area contributed by atoms with Crippen LogP contribution in [0.15, 0.2) is 36.9 Å². The lowest BCUT2D eigenvalue weighted by molar-refractivity contribution is -0.115. The third kappa shape index (κ3) is 7.11. The molecule has 0 spiro atoms. The quantitative estimate of drug-likeness (QED) is 0.303. The topological polar surface area (TPSA) is 134 Å². The number of hydrogen-bond acceptors (Lipinski definition) is 7. The van der Waals surface area contributed by atoms with E-state index in [0.29, 0.717) is 29.2 Å². The minimum Gasteiger partial charge on any atom is -0.394 e. The van der Waals surface area contributed by atoms with Crippen molar-refractivity contribution < 1.29 is 14.7 Å². The number of hydrogen-bond donors (Lipinski definition) is 4. The molecular formula is C28H37N7O3. The Balaban J connectivity index is 1.83. The Bertz CT molecular complexity index is 1330. The number of aryl methyl sites for hydroxylation is 2. The van der Waals surface area contributed by atoms with Crippen LogP contribution in [0.3, 0.4) is 0 Å². The highest BCUT2D eigenvalue weighted by Gasteiger charge is 2.20. The van der Waals surface area contributed by atoms with Crippen molar-refractivity contribution in [3.63, 3.8) is 0 Å². The van der Waals surface area contributed by atoms with Gasteiger partial charge in [0.25, 0.3) is 5.91 Å². The van der Waals surface area contributed by atoms with Gasteiger partial charge in [-0.1, -0.05) is 13.8 Å². The molecule has 3 aromatic heterocycles. The van der Waals surface area contributed by atoms with Crippen LogP contribution in [0.5, 0.6) is 0 Å². The number of aromatic nitrogens is 4. The zero-order chi connectivity index (χ0) is 27.9. The summed E-state index contributed by atoms with van der Waals surface area (Å²) in [5.74, 6) is -0.519. The highest BCUT2D eigenvalue weighted by atomic mass is 16.3. The molecule has 0 aliphatic carbocycles. The number of anilines is 2. The van der Waals surface area contributed by atoms with Crippen LogP contribution in [0.4, 0.5) is 11.4 Å². The maximum Gasteiger partial charge on any atom is 0.257 e. The van der Waals surface area contributed by atoms with Gasteiger partial charge in [-0.3, -0.25) is 24.2 Å². The van der Waals surface area contributed by atoms with Gasteiger partial charge in [0.1, 0.15) is 0 Å². The van der Waals surface area contributed by atoms with Crippen molar-refractivity contribution in [1.29, 1.82) is 0 Å². The van der Waals surface area contributed by atoms with Crippen LogP contribution in [-0.4, -0.2) is 56.4 Å². The van der Waals surface area contributed by atoms with E-state index in [1.165, 1.54) is 0 Å². The van der Waals surface area contributed by atoms with E-state index in [-0.39, 0.29) is 25.0 Å². The molecule has 0 aromatic carbocycles. The summed E-state index contributed by atoms with van der Waals surface area (Å²) in [6.45, 7) is 12.3. The second kappa shape index (κ2) is 12.6. The zero-order valence-electron chi connectivity index (χ0n) is 22.9. The summed E-state index contributed by atoms with van der Waals surface area (Å²) >= 11 is 0. The second-order valence-corrected chi connectivity index (χ2v) is 9.71. The molecule has 0 saturated heterocycles. The normalized spacial score (nSPS) is 11.9. The van der Waals surface area contributed by atoms with Gasteiger partial charge in [-0.2, -0.15) is 5.10 Å². The van der Waals surface area contributed by atoms with E-state index in [0.717, 1.165) is 28.8 Å². The molecule has 0 unspecified atom stereocenters. The number of likely N-dealkylation sites (N-methyl/N-ethyl adjacent to an activating group) is 1. The number of allylic oxidation sites excluding steroid dienone is 1. The Morgan fingerprint density at radius 1 is 1.03 bits per heavy atom. The number of nitrogens with zero attached hydrogens (tertiary/aromatic N) is 4. The molecule has 0 aliphatic rings. The van der Waals surface area contributed by atoms with Crippen LogP contribution in [0.1, 0.15) is 67.0 Å². The molecule has 0 radical (unpaired) electrons. The Hall–Kier alpha value is -3.89. The van der Waals surface area contributed by atoms with Gasteiger partial charge in [0.15, 0.2) is 0 Å². The lowest BCUT2D eigenvalue weighted by Gasteiger charge is -2.22. The third-order valence-corrected chi connectivity index (χ3v) is 6.21. The number of amides is 2. The van der Waals surface area contributed by atoms with E-state index in [2.05, 4.69) is 37.9 Å². The van der Waals surface area contributed by atoms with Gasteiger partial charge in [-0.15, -0.1) is 0 Å². The average Bonchev–Trinajstić information content (AvgIpc) is 3.40. The minimum absolute atomic E-state index is 0.0280. The van der Waals surface area contributed by atoms with Crippen LogP contribution in [0.25, 0.3) is 11.6 Å². The number of aliphatic hydroxyl groups excluding tert-OH is 1. The van der Waals surface area contributed by atoms with Gasteiger partial charge in [0, 0.05) is 23.7 Å². The number of nitrogens with one attached hydrogen (secondary N) is 3. The van der Waals surface area contributed by atoms with Crippen molar-refractivity contribution in [2.24, 2.45) is 0 Å². The average molecular weight is 520 g/mol. The van der Waals surface area contributed by atoms with Gasteiger partial charge in [0.2, 0.25) is 5.91 Å². The zero-order valence-corrected chi connectivity index (χ0v) is 22.9. The van der Waals surface area contributed by atoms with E-state index >= 15 is 0 Å². The molecule has 202 valence electrons. The smallest absolute Gasteiger partial charge is 0.257 e. The van der Waals surface area contributed by atoms with Crippen molar-refractivity contribution in [3.8, 4) is 0 Å². The largest absolute Gasteiger partial charge is 0.394 e. The van der Waals surface area contributed by atoms with Crippen LogP contribution < -0.4 is 16.0 Å². The molecule has 0 aliphatic heterocycles. The fraction of sp³-hybridized carbons (Fsp3) is 0.393. The summed E-state index contributed by atoms with van der Waals surface area (Å²) in [6, 6.07) is 3.49. The molecule has 3 aromatic rings. The van der Waals surface area contributed by atoms with Crippen LogP contribution in [0, 0.1) is 13.8 Å². The SMILES string of the molecule is CCNCC(=O)Nc1cnc(C)c(NC(=O)c2cnc(C)c(/C=C(\CC)c3cnn(C(C)(C)CO)c3)c2)c1. The molecule has 4 N–H and O–H groups in total. The monoisotopic (exact) mass is 519 g/mol. The van der Waals surface area contributed by atoms with Crippen LogP contribution in [0.2, 0.25) is 0 Å². The lowest BCUT2D eigenvalue weighted by atomic mass is 10.0. The molecule has 10 nitrogen and oxygen atoms in total. The molecule has 0 bridgehead atoms. The van der Waals surface area contributed by atoms with Gasteiger partial charge < -0.3 is 21.1 Å². The predicted molar refractivity (Wildman–Crippen MR) is 150 cm³/mol. The maximum absolute atomic E-state index is 13.1. The van der Waals surface area contributed by atoms with Crippen LogP contribution >= 0.6 is 0 Å². The molecule has 0 saturated carbocycles. The number of aliphatic hydroxyl groups is 1. The fourth-order valence-electron chi connectivity index (χ4n) is 3.66. The van der Waals surface area contributed by atoms with Crippen molar-refractivity contribution in [1.82, 2.24) is 25.1 Å². The highest BCUT2D eigenvalue weighted by Crippen LogP contribution is 2.25. The maximum atomic E-state index is 13.1. The van der Waals surface area contributed by atoms with Crippen molar-refractivity contribution >= 4 is 34.8 Å². The highest BCUT2D eigenvalue weighted by molar-refractivity contribution is 6.05. The summed E-state index contributed by atoms with van der Waals surface area (Å²) in [4.78, 5) is 33.9. The van der Waals surface area contributed by atoms with Gasteiger partial charge in [0.05, 0.1) is 53.7 Å². The Morgan fingerprint density at radius 3 is 2.45 bits per heavy atom. The second-order valence-electron chi connectivity index (χ2n) is 9.71. The van der Waals surface area contributed by atoms with E-state index in [1.54, 1.807) is 42.3 Å². The van der Waals surface area contributed by atoms with E-state index in [1.807, 2.05) is 40.0 Å². The van der Waals surface area contributed by atoms with E-state index in [9.17, 15) is 14.7 Å². The molecule has 0 fully saturated rings. The van der Waals surface area contributed by atoms with Gasteiger partial charge >= 0.3 is 0 Å². The molecular weight excluding hydrogens is 482 g/mol. The summed E-state index contributed by atoms with van der Waals surface area (Å²) in [6.07, 6.45) is 9.57. The number of rotatable bonds is 11. The summed E-state index contributed by atoms with van der Waals surface area (Å²) in [5, 5.41) is 22.7. The Morgan fingerprint density at radius 2 is 1.76 bits per heavy atom. The van der Waals surface area contributed by atoms with Crippen molar-refractivity contribution in [2.45, 2.75) is 53.5 Å². The van der Waals surface area contributed by atoms with E-state index < -0.39 is 5.54 Å². The molecule has 3 heterocycles.